The summed E-state index contributed by atoms with van der Waals surface area (Å²) < 4.78 is 11.1. The lowest BCUT2D eigenvalue weighted by atomic mass is 9.98. The number of nitrogens with one attached hydrogen (secondary N) is 1. The molecule has 2 N–H and O–H groups in total. The first-order chi connectivity index (χ1) is 18.4. The monoisotopic (exact) mass is 536 g/mol. The highest BCUT2D eigenvalue weighted by Crippen LogP contribution is 2.29. The largest absolute Gasteiger partial charge is 0.477 e. The van der Waals surface area contributed by atoms with E-state index in [0.29, 0.717) is 60.9 Å². The molecule has 0 unspecified atom stereocenters. The number of fused-ring (bicyclic) bond motifs is 1. The van der Waals surface area contributed by atoms with Crippen molar-refractivity contribution in [2.24, 2.45) is 5.92 Å². The molecule has 0 aliphatic carbocycles. The second kappa shape index (κ2) is 10.6. The van der Waals surface area contributed by atoms with Crippen molar-refractivity contribution in [1.29, 1.82) is 0 Å². The van der Waals surface area contributed by atoms with E-state index in [1.807, 2.05) is 11.8 Å². The van der Waals surface area contributed by atoms with Crippen LogP contribution in [0.2, 0.25) is 0 Å². The number of carboxylic acid groups (broad SMARTS) is 1. The minimum Gasteiger partial charge on any atom is -0.477 e. The minimum atomic E-state index is -1.35. The van der Waals surface area contributed by atoms with Crippen molar-refractivity contribution in [3.8, 4) is 16.6 Å². The average Bonchev–Trinajstić information content (AvgIpc) is 3.36. The summed E-state index contributed by atoms with van der Waals surface area (Å²) in [4.78, 5) is 56.6. The molecule has 38 heavy (non-hydrogen) atoms. The number of hydrogen-bond donors (Lipinski definition) is 2. The highest BCUT2D eigenvalue weighted by atomic mass is 32.1. The molecule has 4 aromatic rings. The summed E-state index contributed by atoms with van der Waals surface area (Å²) in [6.45, 7) is 6.07. The summed E-state index contributed by atoms with van der Waals surface area (Å²) in [6.07, 6.45) is 4.17. The Morgan fingerprint density at radius 1 is 1.29 bits per heavy atom. The fraction of sp³-hybridized carbons (Fsp3) is 0.333. The van der Waals surface area contributed by atoms with E-state index in [2.05, 4.69) is 24.6 Å². The maximum atomic E-state index is 13.1. The number of aromatic nitrogens is 6. The summed E-state index contributed by atoms with van der Waals surface area (Å²) in [5.74, 6) is -0.678. The molecule has 14 heteroatoms. The highest BCUT2D eigenvalue weighted by Gasteiger charge is 2.34. The molecule has 1 fully saturated rings. The van der Waals surface area contributed by atoms with Crippen molar-refractivity contribution in [3.05, 3.63) is 52.2 Å². The van der Waals surface area contributed by atoms with Crippen molar-refractivity contribution < 1.29 is 19.4 Å². The van der Waals surface area contributed by atoms with E-state index < -0.39 is 17.0 Å². The number of pyridine rings is 2. The SMILES string of the molecule is CCOCCNC(=O)C1CN(c2cc(C)c3c(=O)c(C(=O)O)cn(-c4nc(-c5ccncn5)ns4)c3n2)C1. The third-order valence-corrected chi connectivity index (χ3v) is 6.85. The summed E-state index contributed by atoms with van der Waals surface area (Å²) in [7, 11) is 0. The van der Waals surface area contributed by atoms with E-state index in [-0.39, 0.29) is 22.9 Å². The Kier molecular flexibility index (Phi) is 7.07. The maximum Gasteiger partial charge on any atom is 0.341 e. The quantitative estimate of drug-likeness (QED) is 0.296. The van der Waals surface area contributed by atoms with Crippen LogP contribution in [0.5, 0.6) is 0 Å². The van der Waals surface area contributed by atoms with E-state index in [0.717, 1.165) is 11.5 Å². The van der Waals surface area contributed by atoms with Gasteiger partial charge in [0.25, 0.3) is 0 Å². The Bertz CT molecular complexity index is 1570. The first-order valence-electron chi connectivity index (χ1n) is 11.9. The van der Waals surface area contributed by atoms with E-state index in [1.165, 1.54) is 17.1 Å². The molecule has 5 heterocycles. The zero-order valence-electron chi connectivity index (χ0n) is 20.6. The van der Waals surface area contributed by atoms with Crippen LogP contribution in [0.3, 0.4) is 0 Å². The topological polar surface area (TPSA) is 165 Å². The van der Waals surface area contributed by atoms with Gasteiger partial charge in [-0.1, -0.05) is 0 Å². The molecule has 5 rings (SSSR count). The fourth-order valence-electron chi connectivity index (χ4n) is 4.14. The second-order valence-corrected chi connectivity index (χ2v) is 9.36. The third-order valence-electron chi connectivity index (χ3n) is 6.13. The average molecular weight is 537 g/mol. The number of carboxylic acids is 1. The Hall–Kier alpha value is -4.30. The number of ether oxygens (including phenoxy) is 1. The van der Waals surface area contributed by atoms with Gasteiger partial charge < -0.3 is 20.1 Å². The van der Waals surface area contributed by atoms with Crippen LogP contribution in [-0.4, -0.2) is 78.7 Å². The standard InChI is InChI=1S/C24H24N8O5S/c1-3-37-7-6-26-22(34)14-9-31(10-14)17-8-13(2)18-19(33)15(23(35)36)11-32(21(18)28-17)24-29-20(30-38-24)16-4-5-25-12-27-16/h4-5,8,11-12,14H,3,6-7,9-10H2,1-2H3,(H,26,34)(H,35,36). The number of aryl methyl sites for hydroxylation is 1. The summed E-state index contributed by atoms with van der Waals surface area (Å²) >= 11 is 1.02. The van der Waals surface area contributed by atoms with Crippen LogP contribution >= 0.6 is 11.5 Å². The van der Waals surface area contributed by atoms with E-state index in [9.17, 15) is 19.5 Å². The molecule has 196 valence electrons. The zero-order chi connectivity index (χ0) is 26.8. The zero-order valence-corrected chi connectivity index (χ0v) is 21.4. The fourth-order valence-corrected chi connectivity index (χ4v) is 4.80. The van der Waals surface area contributed by atoms with Crippen LogP contribution in [0.25, 0.3) is 27.7 Å². The number of anilines is 1. The Labute approximate surface area is 220 Å². The number of rotatable bonds is 9. The first kappa shape index (κ1) is 25.4. The molecular formula is C24H24N8O5S. The molecule has 0 atom stereocenters. The van der Waals surface area contributed by atoms with Crippen LogP contribution in [0.4, 0.5) is 5.82 Å². The molecule has 1 aliphatic rings. The van der Waals surface area contributed by atoms with Gasteiger partial charge in [0.1, 0.15) is 23.4 Å². The Morgan fingerprint density at radius 3 is 2.82 bits per heavy atom. The number of amides is 1. The third kappa shape index (κ3) is 4.82. The highest BCUT2D eigenvalue weighted by molar-refractivity contribution is 7.08. The van der Waals surface area contributed by atoms with Gasteiger partial charge in [0, 0.05) is 50.2 Å². The van der Waals surface area contributed by atoms with Crippen LogP contribution in [0.1, 0.15) is 22.8 Å². The number of hydrogen-bond acceptors (Lipinski definition) is 11. The summed E-state index contributed by atoms with van der Waals surface area (Å²) in [5.41, 5.74) is 0.293. The lowest BCUT2D eigenvalue weighted by molar-refractivity contribution is -0.125. The lowest BCUT2D eigenvalue weighted by Gasteiger charge is -2.39. The molecule has 0 spiro atoms. The number of carbonyl (C=O) groups is 2. The van der Waals surface area contributed by atoms with Crippen molar-refractivity contribution in [2.75, 3.05) is 37.7 Å². The molecule has 13 nitrogen and oxygen atoms in total. The summed E-state index contributed by atoms with van der Waals surface area (Å²) in [6, 6.07) is 3.39. The first-order valence-corrected chi connectivity index (χ1v) is 12.7. The smallest absolute Gasteiger partial charge is 0.341 e. The molecule has 1 amide bonds. The van der Waals surface area contributed by atoms with Gasteiger partial charge in [0.05, 0.1) is 17.9 Å². The maximum absolute atomic E-state index is 13.1. The van der Waals surface area contributed by atoms with E-state index in [1.54, 1.807) is 25.3 Å². The van der Waals surface area contributed by atoms with Gasteiger partial charge in [-0.3, -0.25) is 14.2 Å². The summed E-state index contributed by atoms with van der Waals surface area (Å²) in [5, 5.41) is 13.1. The molecule has 0 aromatic carbocycles. The molecule has 0 bridgehead atoms. The van der Waals surface area contributed by atoms with Crippen molar-refractivity contribution in [1.82, 2.24) is 34.2 Å². The van der Waals surface area contributed by atoms with Crippen LogP contribution < -0.4 is 15.6 Å². The van der Waals surface area contributed by atoms with Crippen LogP contribution in [0, 0.1) is 12.8 Å². The molecule has 0 saturated carbocycles. The van der Waals surface area contributed by atoms with Gasteiger partial charge in [0.15, 0.2) is 11.5 Å². The molecule has 0 radical (unpaired) electrons. The van der Waals surface area contributed by atoms with Gasteiger partial charge in [0.2, 0.25) is 16.5 Å². The Balaban J connectivity index is 1.49. The van der Waals surface area contributed by atoms with Crippen LogP contribution in [-0.2, 0) is 9.53 Å². The van der Waals surface area contributed by atoms with E-state index >= 15 is 0 Å². The van der Waals surface area contributed by atoms with Gasteiger partial charge in [-0.05, 0) is 31.5 Å². The second-order valence-electron chi connectivity index (χ2n) is 8.63. The van der Waals surface area contributed by atoms with Crippen molar-refractivity contribution in [2.45, 2.75) is 13.8 Å². The van der Waals surface area contributed by atoms with Gasteiger partial charge in [-0.25, -0.2) is 19.7 Å². The van der Waals surface area contributed by atoms with E-state index in [4.69, 9.17) is 9.72 Å². The molecule has 1 saturated heterocycles. The Morgan fingerprint density at radius 2 is 2.11 bits per heavy atom. The molecular weight excluding hydrogens is 512 g/mol. The number of carbonyl (C=O) groups excluding carboxylic acids is 1. The predicted octanol–water partition coefficient (Wildman–Crippen LogP) is 1.29. The number of aromatic carboxylic acids is 1. The van der Waals surface area contributed by atoms with Crippen LogP contribution in [0.15, 0.2) is 35.6 Å². The number of nitrogens with zero attached hydrogens (tertiary/aromatic N) is 7. The van der Waals surface area contributed by atoms with Gasteiger partial charge in [-0.15, -0.1) is 0 Å². The molecule has 4 aromatic heterocycles. The lowest BCUT2D eigenvalue weighted by Crippen LogP contribution is -2.54. The van der Waals surface area contributed by atoms with Crippen molar-refractivity contribution in [3.63, 3.8) is 0 Å². The predicted molar refractivity (Wildman–Crippen MR) is 139 cm³/mol. The van der Waals surface area contributed by atoms with Gasteiger partial charge >= 0.3 is 5.97 Å². The normalized spacial score (nSPS) is 13.5. The van der Waals surface area contributed by atoms with Gasteiger partial charge in [-0.2, -0.15) is 9.36 Å². The van der Waals surface area contributed by atoms with Crippen molar-refractivity contribution >= 4 is 40.3 Å². The minimum absolute atomic E-state index is 0.0485. The molecule has 1 aliphatic heterocycles.